The zero-order chi connectivity index (χ0) is 16.3. The Balaban J connectivity index is 1.60. The first-order valence-electron chi connectivity index (χ1n) is 8.38. The van der Waals surface area contributed by atoms with Crippen LogP contribution in [0, 0.1) is 5.41 Å². The highest BCUT2D eigenvalue weighted by atomic mass is 32.1. The van der Waals surface area contributed by atoms with E-state index in [0.29, 0.717) is 6.61 Å². The van der Waals surface area contributed by atoms with E-state index in [4.69, 9.17) is 4.74 Å². The van der Waals surface area contributed by atoms with Crippen molar-refractivity contribution in [1.82, 2.24) is 15.1 Å². The number of ether oxygens (including phenoxy) is 1. The summed E-state index contributed by atoms with van der Waals surface area (Å²) in [5.74, 6) is 0. The fourth-order valence-corrected chi connectivity index (χ4v) is 4.36. The molecular formula is C17H27N3O2S. The number of hydrogen-bond donors (Lipinski definition) is 1. The summed E-state index contributed by atoms with van der Waals surface area (Å²) in [4.78, 5) is 16.2. The van der Waals surface area contributed by atoms with Crippen LogP contribution in [-0.4, -0.2) is 62.3 Å². The second-order valence-corrected chi connectivity index (χ2v) is 7.77. The molecule has 23 heavy (non-hydrogen) atoms. The summed E-state index contributed by atoms with van der Waals surface area (Å²) in [5, 5.41) is 7.56. The monoisotopic (exact) mass is 337 g/mol. The molecule has 6 heteroatoms. The fraction of sp³-hybridized carbons (Fsp3) is 0.706. The van der Waals surface area contributed by atoms with Gasteiger partial charge in [-0.25, -0.2) is 4.79 Å². The Bertz CT molecular complexity index is 510. The smallest absolute Gasteiger partial charge is 0.317 e. The minimum atomic E-state index is -0.0134. The number of carbonyl (C=O) groups is 1. The molecular weight excluding hydrogens is 310 g/mol. The highest BCUT2D eigenvalue weighted by Crippen LogP contribution is 2.41. The highest BCUT2D eigenvalue weighted by molar-refractivity contribution is 7.07. The summed E-state index contributed by atoms with van der Waals surface area (Å²) in [6.07, 6.45) is 3.33. The number of piperidine rings is 1. The number of carbonyl (C=O) groups excluding carboxylic acids is 1. The molecule has 0 aromatic carbocycles. The van der Waals surface area contributed by atoms with Crippen LogP contribution >= 0.6 is 11.3 Å². The summed E-state index contributed by atoms with van der Waals surface area (Å²) < 4.78 is 5.66. The number of hydrogen-bond acceptors (Lipinski definition) is 4. The van der Waals surface area contributed by atoms with Crippen LogP contribution in [0.5, 0.6) is 0 Å². The number of likely N-dealkylation sites (tertiary alicyclic amines) is 1. The Morgan fingerprint density at radius 2 is 2.22 bits per heavy atom. The molecule has 0 radical (unpaired) electrons. The van der Waals surface area contributed by atoms with Gasteiger partial charge >= 0.3 is 6.03 Å². The Labute approximate surface area is 142 Å². The third-order valence-electron chi connectivity index (χ3n) is 5.31. The van der Waals surface area contributed by atoms with Crippen LogP contribution < -0.4 is 5.32 Å². The molecule has 2 aliphatic rings. The van der Waals surface area contributed by atoms with E-state index in [-0.39, 0.29) is 17.5 Å². The van der Waals surface area contributed by atoms with Crippen LogP contribution in [0.1, 0.15) is 24.8 Å². The van der Waals surface area contributed by atoms with E-state index in [2.05, 4.69) is 27.0 Å². The quantitative estimate of drug-likeness (QED) is 0.921. The third-order valence-corrected chi connectivity index (χ3v) is 6.04. The van der Waals surface area contributed by atoms with E-state index in [0.717, 1.165) is 45.5 Å². The molecule has 3 heterocycles. The van der Waals surface area contributed by atoms with Gasteiger partial charge < -0.3 is 15.0 Å². The van der Waals surface area contributed by atoms with E-state index in [9.17, 15) is 4.79 Å². The maximum Gasteiger partial charge on any atom is 0.317 e. The number of amides is 2. The average molecular weight is 337 g/mol. The molecule has 1 N–H and O–H groups in total. The Morgan fingerprint density at radius 3 is 2.87 bits per heavy atom. The van der Waals surface area contributed by atoms with Crippen molar-refractivity contribution in [2.75, 3.05) is 40.4 Å². The topological polar surface area (TPSA) is 44.8 Å². The zero-order valence-electron chi connectivity index (χ0n) is 14.1. The molecule has 2 fully saturated rings. The lowest BCUT2D eigenvalue weighted by Crippen LogP contribution is -2.58. The van der Waals surface area contributed by atoms with E-state index in [1.54, 1.807) is 30.3 Å². The number of thiophene rings is 1. The number of nitrogens with zero attached hydrogens (tertiary/aromatic N) is 2. The van der Waals surface area contributed by atoms with Gasteiger partial charge in [-0.2, -0.15) is 11.3 Å². The first kappa shape index (κ1) is 16.7. The lowest BCUT2D eigenvalue weighted by molar-refractivity contribution is -0.0484. The van der Waals surface area contributed by atoms with E-state index < -0.39 is 0 Å². The summed E-state index contributed by atoms with van der Waals surface area (Å²) in [6, 6.07) is 2.33. The molecule has 0 bridgehead atoms. The maximum absolute atomic E-state index is 12.1. The van der Waals surface area contributed by atoms with Crippen molar-refractivity contribution in [3.8, 4) is 0 Å². The van der Waals surface area contributed by atoms with Gasteiger partial charge in [0, 0.05) is 27.2 Å². The largest absolute Gasteiger partial charge is 0.379 e. The van der Waals surface area contributed by atoms with Crippen molar-refractivity contribution < 1.29 is 9.53 Å². The van der Waals surface area contributed by atoms with Crippen molar-refractivity contribution in [2.24, 2.45) is 5.41 Å². The van der Waals surface area contributed by atoms with E-state index in [1.807, 2.05) is 0 Å². The average Bonchev–Trinajstić information content (AvgIpc) is 3.05. The Morgan fingerprint density at radius 1 is 1.43 bits per heavy atom. The van der Waals surface area contributed by atoms with E-state index >= 15 is 0 Å². The Kier molecular flexibility index (Phi) is 5.24. The number of urea groups is 1. The van der Waals surface area contributed by atoms with Crippen molar-refractivity contribution in [2.45, 2.75) is 31.8 Å². The van der Waals surface area contributed by atoms with Gasteiger partial charge in [-0.05, 0) is 60.2 Å². The van der Waals surface area contributed by atoms with Gasteiger partial charge in [0.1, 0.15) is 0 Å². The molecule has 2 saturated heterocycles. The second kappa shape index (κ2) is 7.20. The normalized spacial score (nSPS) is 24.5. The molecule has 1 aromatic rings. The molecule has 1 atom stereocenters. The fourth-order valence-electron chi connectivity index (χ4n) is 3.70. The summed E-state index contributed by atoms with van der Waals surface area (Å²) in [6.45, 7) is 4.71. The second-order valence-electron chi connectivity index (χ2n) is 6.99. The minimum Gasteiger partial charge on any atom is -0.379 e. The van der Waals surface area contributed by atoms with Gasteiger partial charge in [-0.1, -0.05) is 0 Å². The number of rotatable bonds is 3. The van der Waals surface area contributed by atoms with Gasteiger partial charge in [0.05, 0.1) is 12.6 Å². The molecule has 2 amide bonds. The summed E-state index contributed by atoms with van der Waals surface area (Å²) in [7, 11) is 3.57. The van der Waals surface area contributed by atoms with Gasteiger partial charge in [-0.15, -0.1) is 0 Å². The molecule has 1 aromatic heterocycles. The Hall–Kier alpha value is -1.11. The summed E-state index contributed by atoms with van der Waals surface area (Å²) >= 11 is 1.76. The highest BCUT2D eigenvalue weighted by Gasteiger charge is 2.44. The van der Waals surface area contributed by atoms with Crippen LogP contribution in [0.2, 0.25) is 0 Å². The van der Waals surface area contributed by atoms with Crippen LogP contribution in [0.4, 0.5) is 4.79 Å². The molecule has 5 nitrogen and oxygen atoms in total. The maximum atomic E-state index is 12.1. The molecule has 1 spiro atoms. The molecule has 0 aliphatic carbocycles. The minimum absolute atomic E-state index is 0.0134. The first-order valence-corrected chi connectivity index (χ1v) is 9.32. The lowest BCUT2D eigenvalue weighted by Gasteiger charge is -2.49. The molecule has 128 valence electrons. The van der Waals surface area contributed by atoms with Crippen molar-refractivity contribution in [3.63, 3.8) is 0 Å². The standard InChI is InChI=1S/C17H27N3O2S/c1-19(2)16(21)18-15-12-22-9-6-17(15)4-7-20(8-5-17)11-14-3-10-23-13-14/h3,10,13,15H,4-9,11-12H2,1-2H3,(H,18,21)/t15-/m1/s1. The zero-order valence-corrected chi connectivity index (χ0v) is 14.9. The predicted octanol–water partition coefficient (Wildman–Crippen LogP) is 2.39. The molecule has 0 unspecified atom stereocenters. The molecule has 2 aliphatic heterocycles. The van der Waals surface area contributed by atoms with Crippen LogP contribution in [0.15, 0.2) is 16.8 Å². The summed E-state index contributed by atoms with van der Waals surface area (Å²) in [5.41, 5.74) is 1.62. The van der Waals surface area contributed by atoms with Crippen molar-refractivity contribution in [1.29, 1.82) is 0 Å². The van der Waals surface area contributed by atoms with Crippen LogP contribution in [0.25, 0.3) is 0 Å². The third kappa shape index (κ3) is 3.87. The van der Waals surface area contributed by atoms with E-state index in [1.165, 1.54) is 5.56 Å². The molecule has 0 saturated carbocycles. The van der Waals surface area contributed by atoms with Crippen LogP contribution in [0.3, 0.4) is 0 Å². The van der Waals surface area contributed by atoms with Gasteiger partial charge in [0.2, 0.25) is 0 Å². The number of nitrogens with one attached hydrogen (secondary N) is 1. The first-order chi connectivity index (χ1) is 11.1. The van der Waals surface area contributed by atoms with Crippen molar-refractivity contribution in [3.05, 3.63) is 22.4 Å². The van der Waals surface area contributed by atoms with Crippen molar-refractivity contribution >= 4 is 17.4 Å². The van der Waals surface area contributed by atoms with Crippen LogP contribution in [-0.2, 0) is 11.3 Å². The van der Waals surface area contributed by atoms with Gasteiger partial charge in [0.15, 0.2) is 0 Å². The van der Waals surface area contributed by atoms with Gasteiger partial charge in [0.25, 0.3) is 0 Å². The lowest BCUT2D eigenvalue weighted by atomic mass is 9.69. The van der Waals surface area contributed by atoms with Gasteiger partial charge in [-0.3, -0.25) is 4.90 Å². The SMILES string of the molecule is CN(C)C(=O)N[C@@H]1COCCC12CCN(Cc1ccsc1)CC2. The predicted molar refractivity (Wildman–Crippen MR) is 92.7 cm³/mol. The molecule has 3 rings (SSSR count).